The van der Waals surface area contributed by atoms with Gasteiger partial charge in [0.15, 0.2) is 0 Å². The highest BCUT2D eigenvalue weighted by atomic mass is 35.5. The minimum absolute atomic E-state index is 0.0273. The average Bonchev–Trinajstić information content (AvgIpc) is 2.28. The van der Waals surface area contributed by atoms with Crippen molar-refractivity contribution in [2.75, 3.05) is 0 Å². The van der Waals surface area contributed by atoms with Crippen LogP contribution in [0.25, 0.3) is 0 Å². The first-order valence-electron chi connectivity index (χ1n) is 4.94. The molecule has 2 aromatic rings. The van der Waals surface area contributed by atoms with Gasteiger partial charge >= 0.3 is 5.69 Å². The number of hydrogen-bond acceptors (Lipinski definition) is 3. The lowest BCUT2D eigenvalue weighted by atomic mass is 10.3. The lowest BCUT2D eigenvalue weighted by Gasteiger charge is -2.07. The van der Waals surface area contributed by atoms with Gasteiger partial charge < -0.3 is 4.74 Å². The van der Waals surface area contributed by atoms with Gasteiger partial charge in [-0.1, -0.05) is 35.3 Å². The molecule has 0 heterocycles. The molecule has 0 spiro atoms. The first kappa shape index (κ1) is 12.7. The van der Waals surface area contributed by atoms with Gasteiger partial charge in [-0.2, -0.15) is 0 Å². The maximum absolute atomic E-state index is 10.9. The smallest absolute Gasteiger partial charge is 0.329 e. The van der Waals surface area contributed by atoms with Crippen molar-refractivity contribution < 1.29 is 9.66 Å². The molecule has 0 saturated heterocycles. The van der Waals surface area contributed by atoms with Gasteiger partial charge in [0.1, 0.15) is 10.8 Å². The van der Waals surface area contributed by atoms with Crippen LogP contribution in [0.5, 0.6) is 11.5 Å². The van der Waals surface area contributed by atoms with Crippen LogP contribution in [0.4, 0.5) is 5.69 Å². The number of ether oxygens (including phenoxy) is 1. The van der Waals surface area contributed by atoms with Crippen LogP contribution < -0.4 is 4.74 Å². The molecule has 0 aliphatic rings. The first-order valence-corrected chi connectivity index (χ1v) is 5.70. The molecule has 0 radical (unpaired) electrons. The number of hydrogen-bond donors (Lipinski definition) is 0. The number of nitro benzene ring substituents is 1. The molecule has 0 fully saturated rings. The fraction of sp³-hybridized carbons (Fsp3) is 0. The van der Waals surface area contributed by atoms with Crippen molar-refractivity contribution in [2.45, 2.75) is 0 Å². The number of benzene rings is 2. The Hall–Kier alpha value is -1.78. The standard InChI is InChI=1S/C12H7Cl2NO3/c13-8-3-1-4-9(7-8)18-11-6-2-5-10(14)12(11)15(16)17/h1-7H. The third-order valence-corrected chi connectivity index (χ3v) is 2.70. The molecule has 0 N–H and O–H groups in total. The van der Waals surface area contributed by atoms with E-state index in [0.717, 1.165) is 0 Å². The summed E-state index contributed by atoms with van der Waals surface area (Å²) in [6.07, 6.45) is 0. The van der Waals surface area contributed by atoms with Gasteiger partial charge in [-0.3, -0.25) is 10.1 Å². The van der Waals surface area contributed by atoms with Crippen LogP contribution in [0.15, 0.2) is 42.5 Å². The molecule has 0 aliphatic heterocycles. The van der Waals surface area contributed by atoms with E-state index in [2.05, 4.69) is 0 Å². The van der Waals surface area contributed by atoms with E-state index >= 15 is 0 Å². The van der Waals surface area contributed by atoms with Crippen LogP contribution in [0.3, 0.4) is 0 Å². The van der Waals surface area contributed by atoms with Gasteiger partial charge in [-0.25, -0.2) is 0 Å². The van der Waals surface area contributed by atoms with Gasteiger partial charge in [0.05, 0.1) is 4.92 Å². The number of nitrogens with zero attached hydrogens (tertiary/aromatic N) is 1. The molecule has 0 aliphatic carbocycles. The molecular weight excluding hydrogens is 277 g/mol. The summed E-state index contributed by atoms with van der Waals surface area (Å²) in [7, 11) is 0. The summed E-state index contributed by atoms with van der Waals surface area (Å²) >= 11 is 11.6. The summed E-state index contributed by atoms with van der Waals surface area (Å²) in [5.41, 5.74) is -0.265. The predicted octanol–water partition coefficient (Wildman–Crippen LogP) is 4.69. The second-order valence-electron chi connectivity index (χ2n) is 3.40. The van der Waals surface area contributed by atoms with Crippen LogP contribution in [0, 0.1) is 10.1 Å². The number of nitro groups is 1. The Morgan fingerprint density at radius 2 is 1.83 bits per heavy atom. The average molecular weight is 284 g/mol. The summed E-state index contributed by atoms with van der Waals surface area (Å²) < 4.78 is 5.42. The Morgan fingerprint density at radius 1 is 1.11 bits per heavy atom. The quantitative estimate of drug-likeness (QED) is 0.606. The highest BCUT2D eigenvalue weighted by Gasteiger charge is 2.20. The van der Waals surface area contributed by atoms with Gasteiger partial charge in [0, 0.05) is 5.02 Å². The summed E-state index contributed by atoms with van der Waals surface area (Å²) in [5.74, 6) is 0.489. The Kier molecular flexibility index (Phi) is 3.69. The van der Waals surface area contributed by atoms with Crippen LogP contribution in [-0.4, -0.2) is 4.92 Å². The predicted molar refractivity (Wildman–Crippen MR) is 69.6 cm³/mol. The van der Waals surface area contributed by atoms with Crippen molar-refractivity contribution in [3.63, 3.8) is 0 Å². The lowest BCUT2D eigenvalue weighted by molar-refractivity contribution is -0.385. The highest BCUT2D eigenvalue weighted by Crippen LogP contribution is 2.37. The molecule has 0 saturated carbocycles. The fourth-order valence-electron chi connectivity index (χ4n) is 1.41. The molecule has 2 aromatic carbocycles. The van der Waals surface area contributed by atoms with E-state index in [4.69, 9.17) is 27.9 Å². The van der Waals surface area contributed by atoms with Crippen molar-refractivity contribution >= 4 is 28.9 Å². The molecule has 0 aromatic heterocycles. The van der Waals surface area contributed by atoms with Crippen molar-refractivity contribution in [1.82, 2.24) is 0 Å². The van der Waals surface area contributed by atoms with Crippen molar-refractivity contribution in [3.05, 3.63) is 62.6 Å². The third-order valence-electron chi connectivity index (χ3n) is 2.16. The molecule has 0 atom stereocenters. The molecule has 0 amide bonds. The Labute approximate surface area is 113 Å². The number of para-hydroxylation sites is 1. The van der Waals surface area contributed by atoms with Crippen molar-refractivity contribution in [3.8, 4) is 11.5 Å². The zero-order valence-electron chi connectivity index (χ0n) is 8.97. The van der Waals surface area contributed by atoms with E-state index in [0.29, 0.717) is 10.8 Å². The van der Waals surface area contributed by atoms with Crippen LogP contribution in [-0.2, 0) is 0 Å². The highest BCUT2D eigenvalue weighted by molar-refractivity contribution is 6.33. The second kappa shape index (κ2) is 5.25. The number of halogens is 2. The van der Waals surface area contributed by atoms with Crippen molar-refractivity contribution in [1.29, 1.82) is 0 Å². The molecule has 0 unspecified atom stereocenters. The number of rotatable bonds is 3. The minimum Gasteiger partial charge on any atom is -0.450 e. The largest absolute Gasteiger partial charge is 0.450 e. The summed E-state index contributed by atoms with van der Waals surface area (Å²) in [6.45, 7) is 0. The van der Waals surface area contributed by atoms with E-state index in [1.807, 2.05) is 0 Å². The normalized spacial score (nSPS) is 10.1. The molecule has 2 rings (SSSR count). The van der Waals surface area contributed by atoms with Gasteiger partial charge in [-0.15, -0.1) is 0 Å². The molecule has 6 heteroatoms. The Morgan fingerprint density at radius 3 is 2.50 bits per heavy atom. The monoisotopic (exact) mass is 283 g/mol. The van der Waals surface area contributed by atoms with Crippen LogP contribution in [0.1, 0.15) is 0 Å². The third kappa shape index (κ3) is 2.72. The zero-order valence-corrected chi connectivity index (χ0v) is 10.5. The maximum atomic E-state index is 10.9. The molecular formula is C12H7Cl2NO3. The van der Waals surface area contributed by atoms with Crippen LogP contribution >= 0.6 is 23.2 Å². The van der Waals surface area contributed by atoms with E-state index in [-0.39, 0.29) is 16.5 Å². The zero-order chi connectivity index (χ0) is 13.1. The van der Waals surface area contributed by atoms with Gasteiger partial charge in [0.2, 0.25) is 5.75 Å². The van der Waals surface area contributed by atoms with Crippen LogP contribution in [0.2, 0.25) is 10.0 Å². The van der Waals surface area contributed by atoms with Crippen molar-refractivity contribution in [2.24, 2.45) is 0 Å². The van der Waals surface area contributed by atoms with E-state index in [1.165, 1.54) is 12.1 Å². The summed E-state index contributed by atoms with van der Waals surface area (Å²) in [6, 6.07) is 11.1. The minimum atomic E-state index is -0.581. The maximum Gasteiger partial charge on any atom is 0.329 e. The Bertz CT molecular complexity index is 602. The van der Waals surface area contributed by atoms with E-state index < -0.39 is 4.92 Å². The van der Waals surface area contributed by atoms with E-state index in [1.54, 1.807) is 30.3 Å². The molecule has 4 nitrogen and oxygen atoms in total. The molecule has 0 bridgehead atoms. The van der Waals surface area contributed by atoms with Gasteiger partial charge in [-0.05, 0) is 30.3 Å². The Balaban J connectivity index is 2.40. The topological polar surface area (TPSA) is 52.4 Å². The molecule has 18 heavy (non-hydrogen) atoms. The van der Waals surface area contributed by atoms with Gasteiger partial charge in [0.25, 0.3) is 0 Å². The first-order chi connectivity index (χ1) is 8.58. The van der Waals surface area contributed by atoms with E-state index in [9.17, 15) is 10.1 Å². The second-order valence-corrected chi connectivity index (χ2v) is 4.25. The lowest BCUT2D eigenvalue weighted by Crippen LogP contribution is -1.94. The molecule has 92 valence electrons. The SMILES string of the molecule is O=[N+]([O-])c1c(Cl)cccc1Oc1cccc(Cl)c1. The fourth-order valence-corrected chi connectivity index (χ4v) is 1.83. The summed E-state index contributed by atoms with van der Waals surface area (Å²) in [5, 5.41) is 11.4. The summed E-state index contributed by atoms with van der Waals surface area (Å²) in [4.78, 5) is 10.3.